The number of nitrogens with zero attached hydrogens (tertiary/aromatic N) is 1. The van der Waals surface area contributed by atoms with Crippen LogP contribution < -0.4 is 0 Å². The highest BCUT2D eigenvalue weighted by Gasteiger charge is 2.81. The molecule has 3 aliphatic carbocycles. The molecule has 3 fully saturated rings. The second-order valence-corrected chi connectivity index (χ2v) is 7.58. The van der Waals surface area contributed by atoms with Crippen molar-refractivity contribution in [2.24, 2.45) is 11.3 Å². The van der Waals surface area contributed by atoms with E-state index in [1.165, 1.54) is 0 Å². The first kappa shape index (κ1) is 17.5. The zero-order valence-corrected chi connectivity index (χ0v) is 15.0. The Morgan fingerprint density at radius 3 is 2.42 bits per heavy atom. The number of carbonyl (C=O) groups is 3. The number of ketones is 2. The molecule has 0 bridgehead atoms. The number of fused-ring (bicyclic) bond motifs is 1. The van der Waals surface area contributed by atoms with Crippen molar-refractivity contribution in [3.63, 3.8) is 0 Å². The lowest BCUT2D eigenvalue weighted by Crippen LogP contribution is -2.53. The van der Waals surface area contributed by atoms with Gasteiger partial charge >= 0.3 is 5.97 Å². The zero-order chi connectivity index (χ0) is 17.7. The number of rotatable bonds is 7. The molecule has 3 unspecified atom stereocenters. The Morgan fingerprint density at radius 2 is 1.88 bits per heavy atom. The van der Waals surface area contributed by atoms with E-state index in [4.69, 9.17) is 9.47 Å². The van der Waals surface area contributed by atoms with Crippen molar-refractivity contribution in [2.75, 3.05) is 19.8 Å². The molecule has 0 radical (unpaired) electrons. The smallest absolute Gasteiger partial charge is 0.320 e. The van der Waals surface area contributed by atoms with E-state index in [2.05, 4.69) is 0 Å². The maximum absolute atomic E-state index is 13.1. The van der Waals surface area contributed by atoms with Gasteiger partial charge < -0.3 is 9.47 Å². The van der Waals surface area contributed by atoms with Crippen molar-refractivity contribution in [3.05, 3.63) is 0 Å². The van der Waals surface area contributed by atoms with Crippen LogP contribution in [0.4, 0.5) is 0 Å². The van der Waals surface area contributed by atoms with E-state index in [9.17, 15) is 14.4 Å². The first-order valence-corrected chi connectivity index (χ1v) is 8.93. The average molecular weight is 337 g/mol. The van der Waals surface area contributed by atoms with E-state index in [1.54, 1.807) is 6.92 Å². The summed E-state index contributed by atoms with van der Waals surface area (Å²) in [5, 5.41) is 0. The van der Waals surface area contributed by atoms with Crippen molar-refractivity contribution >= 4 is 17.5 Å². The Morgan fingerprint density at radius 1 is 1.21 bits per heavy atom. The number of hydrogen-bond donors (Lipinski definition) is 0. The molecular weight excluding hydrogens is 310 g/mol. The Balaban J connectivity index is 1.81. The topological polar surface area (TPSA) is 72.9 Å². The minimum atomic E-state index is -0.950. The van der Waals surface area contributed by atoms with E-state index in [-0.39, 0.29) is 36.5 Å². The summed E-state index contributed by atoms with van der Waals surface area (Å²) in [5.41, 5.74) is -1.42. The molecule has 3 saturated carbocycles. The van der Waals surface area contributed by atoms with Gasteiger partial charge in [-0.1, -0.05) is 13.8 Å². The second kappa shape index (κ2) is 5.92. The van der Waals surface area contributed by atoms with Gasteiger partial charge in [0.15, 0.2) is 11.6 Å². The Labute approximate surface area is 142 Å². The van der Waals surface area contributed by atoms with Crippen LogP contribution in [0.1, 0.15) is 47.0 Å². The second-order valence-electron chi connectivity index (χ2n) is 7.58. The summed E-state index contributed by atoms with van der Waals surface area (Å²) in [6.07, 6.45) is 2.05. The molecular formula is C18H27NO5. The molecule has 3 aliphatic rings. The molecule has 134 valence electrons. The molecule has 24 heavy (non-hydrogen) atoms. The van der Waals surface area contributed by atoms with Crippen molar-refractivity contribution in [1.82, 2.24) is 4.90 Å². The largest absolute Gasteiger partial charge is 0.465 e. The standard InChI is InChI=1S/C18H27NO5/c1-5-23-14(21)10-19(11-7-8-11)12-9-13(20)18(24-6-2)16(15(12)22)17(18,3)4/h11-12,16H,5-10H2,1-4H3. The fourth-order valence-corrected chi connectivity index (χ4v) is 4.53. The van der Waals surface area contributed by atoms with Gasteiger partial charge in [-0.3, -0.25) is 19.3 Å². The number of esters is 1. The lowest BCUT2D eigenvalue weighted by atomic mass is 9.89. The number of Topliss-reactive ketones (excluding diaryl/α,β-unsaturated/α-hetero) is 2. The quantitative estimate of drug-likeness (QED) is 0.653. The normalized spacial score (nSPS) is 34.2. The van der Waals surface area contributed by atoms with E-state index in [0.29, 0.717) is 13.2 Å². The van der Waals surface area contributed by atoms with E-state index >= 15 is 0 Å². The molecule has 0 aromatic carbocycles. The van der Waals surface area contributed by atoms with Gasteiger partial charge in [0.1, 0.15) is 5.60 Å². The third-order valence-electron chi connectivity index (χ3n) is 5.81. The van der Waals surface area contributed by atoms with Crippen LogP contribution in [0.15, 0.2) is 0 Å². The average Bonchev–Trinajstić information content (AvgIpc) is 3.39. The first-order valence-electron chi connectivity index (χ1n) is 8.93. The lowest BCUT2D eigenvalue weighted by Gasteiger charge is -2.34. The van der Waals surface area contributed by atoms with Gasteiger partial charge in [-0.15, -0.1) is 0 Å². The van der Waals surface area contributed by atoms with Gasteiger partial charge in [0.25, 0.3) is 0 Å². The summed E-state index contributed by atoms with van der Waals surface area (Å²) in [4.78, 5) is 39.8. The summed E-state index contributed by atoms with van der Waals surface area (Å²) < 4.78 is 10.8. The SMILES string of the molecule is CCOC(=O)CN(C1CC1)C1CC(=O)C2(OCC)C(C1=O)C2(C)C. The first-order chi connectivity index (χ1) is 11.3. The molecule has 0 saturated heterocycles. The maximum Gasteiger partial charge on any atom is 0.320 e. The van der Waals surface area contributed by atoms with Crippen molar-refractivity contribution in [1.29, 1.82) is 0 Å². The van der Waals surface area contributed by atoms with Crippen LogP contribution in [0.2, 0.25) is 0 Å². The molecule has 0 amide bonds. The summed E-state index contributed by atoms with van der Waals surface area (Å²) in [6, 6.07) is -0.313. The Hall–Kier alpha value is -1.27. The van der Waals surface area contributed by atoms with E-state index in [1.807, 2.05) is 25.7 Å². The van der Waals surface area contributed by atoms with Crippen molar-refractivity contribution in [3.8, 4) is 0 Å². The van der Waals surface area contributed by atoms with Crippen LogP contribution >= 0.6 is 0 Å². The molecule has 0 N–H and O–H groups in total. The van der Waals surface area contributed by atoms with Crippen LogP contribution in [0.3, 0.4) is 0 Å². The van der Waals surface area contributed by atoms with Gasteiger partial charge in [0.2, 0.25) is 0 Å². The van der Waals surface area contributed by atoms with Crippen LogP contribution in [0, 0.1) is 11.3 Å². The molecule has 6 heteroatoms. The van der Waals surface area contributed by atoms with Crippen LogP contribution in [0.5, 0.6) is 0 Å². The van der Waals surface area contributed by atoms with Gasteiger partial charge in [-0.2, -0.15) is 0 Å². The van der Waals surface area contributed by atoms with Crippen LogP contribution in [0.25, 0.3) is 0 Å². The molecule has 0 aliphatic heterocycles. The van der Waals surface area contributed by atoms with E-state index < -0.39 is 23.0 Å². The predicted molar refractivity (Wildman–Crippen MR) is 86.4 cm³/mol. The third kappa shape index (κ3) is 2.42. The summed E-state index contributed by atoms with van der Waals surface area (Å²) in [6.45, 7) is 8.28. The molecule has 6 nitrogen and oxygen atoms in total. The zero-order valence-electron chi connectivity index (χ0n) is 15.0. The molecule has 0 aromatic rings. The monoisotopic (exact) mass is 337 g/mol. The summed E-state index contributed by atoms with van der Waals surface area (Å²) in [5.74, 6) is -0.691. The highest BCUT2D eigenvalue weighted by Crippen LogP contribution is 2.67. The van der Waals surface area contributed by atoms with Crippen LogP contribution in [-0.4, -0.2) is 59.9 Å². The number of ether oxygens (including phenoxy) is 2. The van der Waals surface area contributed by atoms with Crippen molar-refractivity contribution < 1.29 is 23.9 Å². The minimum absolute atomic E-state index is 0.00143. The highest BCUT2D eigenvalue weighted by molar-refractivity contribution is 6.10. The fraction of sp³-hybridized carbons (Fsp3) is 0.833. The lowest BCUT2D eigenvalue weighted by molar-refractivity contribution is -0.152. The van der Waals surface area contributed by atoms with E-state index in [0.717, 1.165) is 12.8 Å². The highest BCUT2D eigenvalue weighted by atomic mass is 16.5. The van der Waals surface area contributed by atoms with Gasteiger partial charge in [0.05, 0.1) is 25.1 Å². The molecule has 3 rings (SSSR count). The molecule has 0 spiro atoms. The Kier molecular flexibility index (Phi) is 4.33. The van der Waals surface area contributed by atoms with Crippen molar-refractivity contribution in [2.45, 2.75) is 64.6 Å². The molecule has 0 heterocycles. The van der Waals surface area contributed by atoms with Gasteiger partial charge in [0, 0.05) is 24.5 Å². The molecule has 0 aromatic heterocycles. The van der Waals surface area contributed by atoms with Gasteiger partial charge in [-0.25, -0.2) is 0 Å². The maximum atomic E-state index is 13.1. The fourth-order valence-electron chi connectivity index (χ4n) is 4.53. The molecule has 3 atom stereocenters. The summed E-state index contributed by atoms with van der Waals surface area (Å²) in [7, 11) is 0. The predicted octanol–water partition coefficient (Wildman–Crippen LogP) is 1.36. The van der Waals surface area contributed by atoms with Crippen LogP contribution in [-0.2, 0) is 23.9 Å². The minimum Gasteiger partial charge on any atom is -0.465 e. The third-order valence-corrected chi connectivity index (χ3v) is 5.81. The number of carbonyl (C=O) groups excluding carboxylic acids is 3. The summed E-state index contributed by atoms with van der Waals surface area (Å²) >= 11 is 0. The Bertz CT molecular complexity index is 568. The number of hydrogen-bond acceptors (Lipinski definition) is 6. The van der Waals surface area contributed by atoms with Gasteiger partial charge in [-0.05, 0) is 26.7 Å².